The van der Waals surface area contributed by atoms with Gasteiger partial charge in [-0.1, -0.05) is 12.1 Å². The zero-order valence-electron chi connectivity index (χ0n) is 19.0. The zero-order valence-corrected chi connectivity index (χ0v) is 21.3. The standard InChI is InChI=1S/C23H34N4O3.HI/c1-5-29-20-9-7-19(8-10-20)17-26(4)23(24-3)25-16-21(22-11-6-18(2)30-22)27-12-14-28-15-13-27;/h6-11,21H,5,12-17H2,1-4H3,(H,24,25);1H. The monoisotopic (exact) mass is 542 g/mol. The third-order valence-corrected chi connectivity index (χ3v) is 5.26. The van der Waals surface area contributed by atoms with Crippen molar-refractivity contribution in [3.63, 3.8) is 0 Å². The van der Waals surface area contributed by atoms with Crippen LogP contribution >= 0.6 is 24.0 Å². The predicted octanol–water partition coefficient (Wildman–Crippen LogP) is 3.69. The molecular weight excluding hydrogens is 507 g/mol. The number of guanidine groups is 1. The van der Waals surface area contributed by atoms with Gasteiger partial charge in [0.05, 0.1) is 25.9 Å². The second-order valence-corrected chi connectivity index (χ2v) is 7.47. The third-order valence-electron chi connectivity index (χ3n) is 5.26. The van der Waals surface area contributed by atoms with E-state index in [0.717, 1.165) is 56.1 Å². The summed E-state index contributed by atoms with van der Waals surface area (Å²) < 4.78 is 17.0. The van der Waals surface area contributed by atoms with E-state index in [9.17, 15) is 0 Å². The Hall–Kier alpha value is -1.78. The number of furan rings is 1. The topological polar surface area (TPSA) is 62.5 Å². The molecule has 1 saturated heterocycles. The van der Waals surface area contributed by atoms with Crippen LogP contribution in [0.3, 0.4) is 0 Å². The summed E-state index contributed by atoms with van der Waals surface area (Å²) in [6.45, 7) is 9.42. The van der Waals surface area contributed by atoms with Gasteiger partial charge in [-0.25, -0.2) is 0 Å². The molecule has 1 aromatic heterocycles. The molecule has 1 atom stereocenters. The predicted molar refractivity (Wildman–Crippen MR) is 134 cm³/mol. The van der Waals surface area contributed by atoms with E-state index in [-0.39, 0.29) is 30.0 Å². The van der Waals surface area contributed by atoms with Gasteiger partial charge in [0.15, 0.2) is 5.96 Å². The van der Waals surface area contributed by atoms with Crippen LogP contribution < -0.4 is 10.1 Å². The molecule has 2 aromatic rings. The first-order valence-electron chi connectivity index (χ1n) is 10.6. The minimum atomic E-state index is 0. The molecule has 0 saturated carbocycles. The van der Waals surface area contributed by atoms with Crippen LogP contribution in [0.4, 0.5) is 0 Å². The molecule has 2 heterocycles. The number of nitrogens with one attached hydrogen (secondary N) is 1. The van der Waals surface area contributed by atoms with E-state index in [1.807, 2.05) is 46.1 Å². The number of morpholine rings is 1. The van der Waals surface area contributed by atoms with Crippen molar-refractivity contribution in [2.45, 2.75) is 26.4 Å². The molecule has 0 bridgehead atoms. The first kappa shape index (κ1) is 25.5. The number of aryl methyl sites for hydroxylation is 1. The summed E-state index contributed by atoms with van der Waals surface area (Å²) in [6.07, 6.45) is 0. The quantitative estimate of drug-likeness (QED) is 0.312. The molecule has 31 heavy (non-hydrogen) atoms. The van der Waals surface area contributed by atoms with E-state index in [4.69, 9.17) is 13.9 Å². The smallest absolute Gasteiger partial charge is 0.193 e. The Morgan fingerprint density at radius 2 is 1.90 bits per heavy atom. The maximum Gasteiger partial charge on any atom is 0.193 e. The van der Waals surface area contributed by atoms with E-state index < -0.39 is 0 Å². The van der Waals surface area contributed by atoms with Gasteiger partial charge in [0.1, 0.15) is 17.3 Å². The lowest BCUT2D eigenvalue weighted by molar-refractivity contribution is 0.0123. The highest BCUT2D eigenvalue weighted by Crippen LogP contribution is 2.23. The van der Waals surface area contributed by atoms with Crippen LogP contribution in [0.15, 0.2) is 45.8 Å². The SMILES string of the molecule is CCOc1ccc(CN(C)C(=NC)NCC(c2ccc(C)o2)N2CCOCC2)cc1.I. The van der Waals surface area contributed by atoms with E-state index in [1.165, 1.54) is 5.56 Å². The molecule has 1 unspecified atom stereocenters. The largest absolute Gasteiger partial charge is 0.494 e. The van der Waals surface area contributed by atoms with E-state index in [2.05, 4.69) is 38.3 Å². The number of benzene rings is 1. The van der Waals surface area contributed by atoms with Crippen LogP contribution in [0.2, 0.25) is 0 Å². The number of rotatable bonds is 8. The molecule has 7 nitrogen and oxygen atoms in total. The van der Waals surface area contributed by atoms with Gasteiger partial charge in [-0.2, -0.15) is 0 Å². The Balaban J connectivity index is 0.00000341. The van der Waals surface area contributed by atoms with Crippen molar-refractivity contribution in [3.05, 3.63) is 53.5 Å². The number of hydrogen-bond acceptors (Lipinski definition) is 5. The Bertz CT molecular complexity index is 803. The first-order chi connectivity index (χ1) is 14.6. The van der Waals surface area contributed by atoms with Gasteiger partial charge in [-0.05, 0) is 43.7 Å². The summed E-state index contributed by atoms with van der Waals surface area (Å²) in [7, 11) is 3.87. The summed E-state index contributed by atoms with van der Waals surface area (Å²) in [6, 6.07) is 12.4. The van der Waals surface area contributed by atoms with E-state index >= 15 is 0 Å². The highest BCUT2D eigenvalue weighted by molar-refractivity contribution is 14.0. The van der Waals surface area contributed by atoms with Crippen molar-refractivity contribution in [3.8, 4) is 5.75 Å². The minimum absolute atomic E-state index is 0. The summed E-state index contributed by atoms with van der Waals surface area (Å²) in [5.41, 5.74) is 1.20. The van der Waals surface area contributed by atoms with Crippen molar-refractivity contribution >= 4 is 29.9 Å². The maximum atomic E-state index is 5.96. The van der Waals surface area contributed by atoms with Crippen molar-refractivity contribution in [1.82, 2.24) is 15.1 Å². The minimum Gasteiger partial charge on any atom is -0.494 e. The third kappa shape index (κ3) is 7.40. The molecule has 0 spiro atoms. The molecule has 1 aliphatic rings. The Morgan fingerprint density at radius 3 is 2.48 bits per heavy atom. The molecule has 1 N–H and O–H groups in total. The van der Waals surface area contributed by atoms with E-state index in [1.54, 1.807) is 0 Å². The Kier molecular flexibility index (Phi) is 10.6. The van der Waals surface area contributed by atoms with Crippen LogP contribution in [-0.4, -0.2) is 69.3 Å². The average molecular weight is 542 g/mol. The lowest BCUT2D eigenvalue weighted by Gasteiger charge is -2.34. The molecule has 1 aromatic carbocycles. The zero-order chi connectivity index (χ0) is 21.3. The lowest BCUT2D eigenvalue weighted by atomic mass is 10.1. The van der Waals surface area contributed by atoms with Gasteiger partial charge in [0.25, 0.3) is 0 Å². The van der Waals surface area contributed by atoms with Gasteiger partial charge in [0.2, 0.25) is 0 Å². The van der Waals surface area contributed by atoms with E-state index in [0.29, 0.717) is 13.2 Å². The van der Waals surface area contributed by atoms with Crippen LogP contribution in [0.5, 0.6) is 5.75 Å². The van der Waals surface area contributed by atoms with Crippen molar-refractivity contribution in [2.24, 2.45) is 4.99 Å². The highest BCUT2D eigenvalue weighted by atomic mass is 127. The normalized spacial score (nSPS) is 15.8. The Labute approximate surface area is 202 Å². The van der Waals surface area contributed by atoms with Crippen LogP contribution in [0.25, 0.3) is 0 Å². The van der Waals surface area contributed by atoms with Gasteiger partial charge < -0.3 is 24.1 Å². The number of ether oxygens (including phenoxy) is 2. The lowest BCUT2D eigenvalue weighted by Crippen LogP contribution is -2.46. The summed E-state index contributed by atoms with van der Waals surface area (Å²) in [5, 5.41) is 3.54. The number of halogens is 1. The number of hydrogen-bond donors (Lipinski definition) is 1. The number of aliphatic imine (C=N–C) groups is 1. The van der Waals surface area contributed by atoms with Crippen molar-refractivity contribution in [1.29, 1.82) is 0 Å². The first-order valence-corrected chi connectivity index (χ1v) is 10.6. The fourth-order valence-electron chi connectivity index (χ4n) is 3.71. The fraction of sp³-hybridized carbons (Fsp3) is 0.522. The fourth-order valence-corrected chi connectivity index (χ4v) is 3.71. The summed E-state index contributed by atoms with van der Waals surface area (Å²) in [5.74, 6) is 3.66. The number of nitrogens with zero attached hydrogens (tertiary/aromatic N) is 3. The second kappa shape index (κ2) is 12.9. The summed E-state index contributed by atoms with van der Waals surface area (Å²) >= 11 is 0. The second-order valence-electron chi connectivity index (χ2n) is 7.47. The molecular formula is C23H35IN4O3. The molecule has 8 heteroatoms. The molecule has 1 fully saturated rings. The van der Waals surface area contributed by atoms with Gasteiger partial charge in [-0.3, -0.25) is 9.89 Å². The molecule has 172 valence electrons. The van der Waals surface area contributed by atoms with Crippen molar-refractivity contribution < 1.29 is 13.9 Å². The van der Waals surface area contributed by atoms with Crippen molar-refractivity contribution in [2.75, 3.05) is 53.6 Å². The summed E-state index contributed by atoms with van der Waals surface area (Å²) in [4.78, 5) is 9.02. The average Bonchev–Trinajstić information content (AvgIpc) is 3.19. The van der Waals surface area contributed by atoms with Crippen LogP contribution in [0.1, 0.15) is 30.0 Å². The van der Waals surface area contributed by atoms with Gasteiger partial charge in [-0.15, -0.1) is 24.0 Å². The van der Waals surface area contributed by atoms with Gasteiger partial charge in [0, 0.05) is 40.3 Å². The molecule has 0 aliphatic carbocycles. The van der Waals surface area contributed by atoms with Crippen LogP contribution in [0, 0.1) is 6.92 Å². The molecule has 0 amide bonds. The Morgan fingerprint density at radius 1 is 1.19 bits per heavy atom. The molecule has 1 aliphatic heterocycles. The van der Waals surface area contributed by atoms with Crippen LogP contribution in [-0.2, 0) is 11.3 Å². The maximum absolute atomic E-state index is 5.96. The van der Waals surface area contributed by atoms with Gasteiger partial charge >= 0.3 is 0 Å². The molecule has 3 rings (SSSR count). The molecule has 0 radical (unpaired) electrons. The highest BCUT2D eigenvalue weighted by Gasteiger charge is 2.25.